The highest BCUT2D eigenvalue weighted by molar-refractivity contribution is 9.10. The average molecular weight is 297 g/mol. The fourth-order valence-corrected chi connectivity index (χ4v) is 2.19. The maximum Gasteiger partial charge on any atom is 0.0231 e. The predicted octanol–water partition coefficient (Wildman–Crippen LogP) is 2.94. The minimum atomic E-state index is 0.818. The Morgan fingerprint density at radius 2 is 2.18 bits per heavy atom. The van der Waals surface area contributed by atoms with Gasteiger partial charge in [0.05, 0.1) is 0 Å². The minimum Gasteiger partial charge on any atom is -0.313 e. The summed E-state index contributed by atoms with van der Waals surface area (Å²) in [6, 6.07) is 7.41. The summed E-state index contributed by atoms with van der Waals surface area (Å²) in [7, 11) is 2.19. The van der Waals surface area contributed by atoms with Crippen molar-refractivity contribution in [1.29, 1.82) is 0 Å². The number of hydrogen-bond acceptors (Lipinski definition) is 2. The van der Waals surface area contributed by atoms with Crippen LogP contribution in [-0.4, -0.2) is 31.1 Å². The van der Waals surface area contributed by atoms with Crippen molar-refractivity contribution < 1.29 is 0 Å². The van der Waals surface area contributed by atoms with Gasteiger partial charge in [0.2, 0.25) is 0 Å². The van der Waals surface area contributed by atoms with E-state index >= 15 is 0 Å². The van der Waals surface area contributed by atoms with Gasteiger partial charge in [-0.3, -0.25) is 0 Å². The highest BCUT2D eigenvalue weighted by Crippen LogP contribution is 2.19. The van der Waals surface area contributed by atoms with Crippen molar-refractivity contribution in [3.05, 3.63) is 33.8 Å². The zero-order valence-electron chi connectivity index (χ0n) is 10.7. The summed E-state index contributed by atoms with van der Waals surface area (Å²) in [6.07, 6.45) is 2.74. The molecule has 0 heterocycles. The van der Waals surface area contributed by atoms with E-state index in [-0.39, 0.29) is 0 Å². The van der Waals surface area contributed by atoms with Crippen LogP contribution < -0.4 is 5.32 Å². The zero-order chi connectivity index (χ0) is 12.3. The van der Waals surface area contributed by atoms with Crippen LogP contribution in [0.5, 0.6) is 0 Å². The topological polar surface area (TPSA) is 15.3 Å². The van der Waals surface area contributed by atoms with Crippen molar-refractivity contribution in [3.63, 3.8) is 0 Å². The first kappa shape index (κ1) is 13.1. The third-order valence-electron chi connectivity index (χ3n) is 3.18. The Labute approximate surface area is 113 Å². The smallest absolute Gasteiger partial charge is 0.0231 e. The summed E-state index contributed by atoms with van der Waals surface area (Å²) in [5.74, 6) is 0. The lowest BCUT2D eigenvalue weighted by Crippen LogP contribution is -2.30. The number of nitrogens with one attached hydrogen (secondary N) is 1. The van der Waals surface area contributed by atoms with Gasteiger partial charge in [0.1, 0.15) is 0 Å². The molecule has 17 heavy (non-hydrogen) atoms. The second kappa shape index (κ2) is 5.98. The molecule has 0 atom stereocenters. The maximum absolute atomic E-state index is 3.54. The third kappa shape index (κ3) is 4.41. The number of hydrogen-bond donors (Lipinski definition) is 1. The van der Waals surface area contributed by atoms with Crippen LogP contribution in [0.4, 0.5) is 0 Å². The molecule has 1 saturated carbocycles. The second-order valence-electron chi connectivity index (χ2n) is 5.05. The number of likely N-dealkylation sites (N-methyl/N-ethyl adjacent to an activating group) is 1. The van der Waals surface area contributed by atoms with Crippen molar-refractivity contribution >= 4 is 15.9 Å². The van der Waals surface area contributed by atoms with Crippen molar-refractivity contribution in [2.75, 3.05) is 20.1 Å². The van der Waals surface area contributed by atoms with Gasteiger partial charge in [0, 0.05) is 30.1 Å². The Morgan fingerprint density at radius 3 is 2.82 bits per heavy atom. The van der Waals surface area contributed by atoms with Gasteiger partial charge in [-0.15, -0.1) is 0 Å². The van der Waals surface area contributed by atoms with Crippen LogP contribution in [0, 0.1) is 6.92 Å². The molecule has 0 aromatic heterocycles. The van der Waals surface area contributed by atoms with Gasteiger partial charge in [-0.2, -0.15) is 0 Å². The van der Waals surface area contributed by atoms with Crippen LogP contribution in [0.1, 0.15) is 24.0 Å². The van der Waals surface area contributed by atoms with Gasteiger partial charge in [-0.1, -0.05) is 28.1 Å². The molecule has 0 unspecified atom stereocenters. The fourth-order valence-electron chi connectivity index (χ4n) is 1.94. The lowest BCUT2D eigenvalue weighted by atomic mass is 10.1. The molecule has 0 saturated heterocycles. The summed E-state index contributed by atoms with van der Waals surface area (Å²) < 4.78 is 1.19. The molecule has 3 heteroatoms. The molecule has 0 amide bonds. The van der Waals surface area contributed by atoms with E-state index in [0.29, 0.717) is 0 Å². The Kier molecular flexibility index (Phi) is 4.60. The molecule has 0 spiro atoms. The molecule has 0 aliphatic heterocycles. The molecule has 0 bridgehead atoms. The molecular formula is C14H21BrN2. The standard InChI is InChI=1S/C14H21BrN2/c1-11-9-12(3-6-14(11)15)10-17(2)8-7-16-13-4-5-13/h3,6,9,13,16H,4-5,7-8,10H2,1-2H3. The number of benzene rings is 1. The normalized spacial score (nSPS) is 15.5. The van der Waals surface area contributed by atoms with E-state index in [9.17, 15) is 0 Å². The Bertz CT molecular complexity index is 374. The van der Waals surface area contributed by atoms with Gasteiger partial charge < -0.3 is 10.2 Å². The van der Waals surface area contributed by atoms with E-state index in [1.165, 1.54) is 28.4 Å². The van der Waals surface area contributed by atoms with E-state index in [1.54, 1.807) is 0 Å². The molecule has 1 aromatic carbocycles. The van der Waals surface area contributed by atoms with Gasteiger partial charge in [-0.25, -0.2) is 0 Å². The van der Waals surface area contributed by atoms with E-state index in [4.69, 9.17) is 0 Å². The first-order valence-electron chi connectivity index (χ1n) is 6.32. The fraction of sp³-hybridized carbons (Fsp3) is 0.571. The van der Waals surface area contributed by atoms with Crippen molar-refractivity contribution in [3.8, 4) is 0 Å². The number of halogens is 1. The van der Waals surface area contributed by atoms with E-state index in [0.717, 1.165) is 25.7 Å². The Morgan fingerprint density at radius 1 is 1.41 bits per heavy atom. The van der Waals surface area contributed by atoms with Crippen molar-refractivity contribution in [1.82, 2.24) is 10.2 Å². The summed E-state index contributed by atoms with van der Waals surface area (Å²) in [6.45, 7) is 5.39. The summed E-state index contributed by atoms with van der Waals surface area (Å²) in [4.78, 5) is 2.37. The monoisotopic (exact) mass is 296 g/mol. The molecule has 1 aromatic rings. The van der Waals surface area contributed by atoms with Crippen LogP contribution in [0.2, 0.25) is 0 Å². The zero-order valence-corrected chi connectivity index (χ0v) is 12.3. The SMILES string of the molecule is Cc1cc(CN(C)CCNC2CC2)ccc1Br. The molecule has 2 rings (SSSR count). The summed E-state index contributed by atoms with van der Waals surface area (Å²) >= 11 is 3.54. The predicted molar refractivity (Wildman–Crippen MR) is 76.2 cm³/mol. The lowest BCUT2D eigenvalue weighted by molar-refractivity contribution is 0.324. The molecule has 94 valence electrons. The van der Waals surface area contributed by atoms with Gasteiger partial charge in [-0.05, 0) is 44.0 Å². The van der Waals surface area contributed by atoms with Gasteiger partial charge in [0.15, 0.2) is 0 Å². The first-order valence-corrected chi connectivity index (χ1v) is 7.11. The summed E-state index contributed by atoms with van der Waals surface area (Å²) in [5, 5.41) is 3.54. The lowest BCUT2D eigenvalue weighted by Gasteiger charge is -2.17. The average Bonchev–Trinajstić information content (AvgIpc) is 3.07. The number of nitrogens with zero attached hydrogens (tertiary/aromatic N) is 1. The number of rotatable bonds is 6. The van der Waals surface area contributed by atoms with Crippen LogP contribution in [0.3, 0.4) is 0 Å². The highest BCUT2D eigenvalue weighted by atomic mass is 79.9. The highest BCUT2D eigenvalue weighted by Gasteiger charge is 2.19. The van der Waals surface area contributed by atoms with E-state index in [2.05, 4.69) is 58.3 Å². The van der Waals surface area contributed by atoms with Crippen LogP contribution >= 0.6 is 15.9 Å². The summed E-state index contributed by atoms with van der Waals surface area (Å²) in [5.41, 5.74) is 2.70. The molecular weight excluding hydrogens is 276 g/mol. The Balaban J connectivity index is 1.75. The minimum absolute atomic E-state index is 0.818. The van der Waals surface area contributed by atoms with Crippen molar-refractivity contribution in [2.24, 2.45) is 0 Å². The van der Waals surface area contributed by atoms with Crippen LogP contribution in [0.15, 0.2) is 22.7 Å². The second-order valence-corrected chi connectivity index (χ2v) is 5.90. The van der Waals surface area contributed by atoms with E-state index in [1.807, 2.05) is 0 Å². The quantitative estimate of drug-likeness (QED) is 0.868. The maximum atomic E-state index is 3.54. The molecule has 1 N–H and O–H groups in total. The first-order chi connectivity index (χ1) is 8.15. The largest absolute Gasteiger partial charge is 0.313 e. The van der Waals surface area contributed by atoms with E-state index < -0.39 is 0 Å². The molecule has 1 aliphatic rings. The third-order valence-corrected chi connectivity index (χ3v) is 4.07. The molecule has 1 aliphatic carbocycles. The molecule has 0 radical (unpaired) electrons. The van der Waals surface area contributed by atoms with Crippen molar-refractivity contribution in [2.45, 2.75) is 32.4 Å². The van der Waals surface area contributed by atoms with Gasteiger partial charge >= 0.3 is 0 Å². The molecule has 1 fully saturated rings. The Hall–Kier alpha value is -0.380. The van der Waals surface area contributed by atoms with Crippen LogP contribution in [-0.2, 0) is 6.54 Å². The van der Waals surface area contributed by atoms with Crippen LogP contribution in [0.25, 0.3) is 0 Å². The molecule has 2 nitrogen and oxygen atoms in total. The van der Waals surface area contributed by atoms with Gasteiger partial charge in [0.25, 0.3) is 0 Å². The number of aryl methyl sites for hydroxylation is 1.